The normalized spacial score (nSPS) is 17.4. The van der Waals surface area contributed by atoms with Crippen LogP contribution in [-0.2, 0) is 4.79 Å². The highest BCUT2D eigenvalue weighted by Gasteiger charge is 2.28. The summed E-state index contributed by atoms with van der Waals surface area (Å²) in [5.41, 5.74) is 2.26. The molecule has 1 atom stereocenters. The molecule has 2 aromatic rings. The van der Waals surface area contributed by atoms with Crippen molar-refractivity contribution in [1.82, 2.24) is 9.88 Å². The minimum atomic E-state index is 0.0597. The minimum absolute atomic E-state index is 0.0597. The number of nitrogens with zero attached hydrogens (tertiary/aromatic N) is 2. The number of hydrogen-bond donors (Lipinski definition) is 0. The number of ketones is 1. The standard InChI is InChI=1S/C18H20N2O2S/c1-13-6-8-19-15(11-13)14-7-9-20(12-14)18(22)5-4-16(21)17-3-2-10-23-17/h2-3,6,8,10-11,14H,4-5,7,9,12H2,1H3. The predicted octanol–water partition coefficient (Wildman–Crippen LogP) is 3.43. The molecule has 0 radical (unpaired) electrons. The van der Waals surface area contributed by atoms with E-state index in [4.69, 9.17) is 0 Å². The number of likely N-dealkylation sites (tertiary alicyclic amines) is 1. The van der Waals surface area contributed by atoms with E-state index in [0.717, 1.165) is 23.5 Å². The van der Waals surface area contributed by atoms with Crippen molar-refractivity contribution < 1.29 is 9.59 Å². The van der Waals surface area contributed by atoms with Gasteiger partial charge in [-0.3, -0.25) is 14.6 Å². The summed E-state index contributed by atoms with van der Waals surface area (Å²) in [5.74, 6) is 0.446. The molecule has 0 saturated carbocycles. The predicted molar refractivity (Wildman–Crippen MR) is 90.8 cm³/mol. The second-order valence-corrected chi connectivity index (χ2v) is 6.93. The van der Waals surface area contributed by atoms with Gasteiger partial charge in [-0.1, -0.05) is 6.07 Å². The highest BCUT2D eigenvalue weighted by atomic mass is 32.1. The molecule has 1 fully saturated rings. The highest BCUT2D eigenvalue weighted by Crippen LogP contribution is 2.26. The molecular weight excluding hydrogens is 308 g/mol. The van der Waals surface area contributed by atoms with Crippen LogP contribution in [0.3, 0.4) is 0 Å². The van der Waals surface area contributed by atoms with E-state index in [1.54, 1.807) is 0 Å². The van der Waals surface area contributed by atoms with Gasteiger partial charge in [0, 0.05) is 43.7 Å². The Balaban J connectivity index is 1.52. The maximum absolute atomic E-state index is 12.3. The van der Waals surface area contributed by atoms with Crippen LogP contribution in [0.25, 0.3) is 0 Å². The molecule has 4 nitrogen and oxygen atoms in total. The van der Waals surface area contributed by atoms with Gasteiger partial charge in [0.15, 0.2) is 5.78 Å². The lowest BCUT2D eigenvalue weighted by molar-refractivity contribution is -0.130. The van der Waals surface area contributed by atoms with E-state index < -0.39 is 0 Å². The van der Waals surface area contributed by atoms with E-state index >= 15 is 0 Å². The average molecular weight is 328 g/mol. The van der Waals surface area contributed by atoms with Crippen molar-refractivity contribution in [3.8, 4) is 0 Å². The molecule has 1 saturated heterocycles. The lowest BCUT2D eigenvalue weighted by atomic mass is 10.0. The number of rotatable bonds is 5. The van der Waals surface area contributed by atoms with Crippen LogP contribution in [0.4, 0.5) is 0 Å². The Kier molecular flexibility index (Phi) is 4.86. The van der Waals surface area contributed by atoms with Gasteiger partial charge in [-0.05, 0) is 42.5 Å². The first-order valence-electron chi connectivity index (χ1n) is 7.90. The van der Waals surface area contributed by atoms with Crippen molar-refractivity contribution in [3.05, 3.63) is 52.0 Å². The third-order valence-corrected chi connectivity index (χ3v) is 5.17. The molecule has 3 rings (SSSR count). The monoisotopic (exact) mass is 328 g/mol. The van der Waals surface area contributed by atoms with Crippen molar-refractivity contribution >= 4 is 23.0 Å². The molecule has 0 spiro atoms. The van der Waals surface area contributed by atoms with Gasteiger partial charge < -0.3 is 4.90 Å². The first-order valence-corrected chi connectivity index (χ1v) is 8.78. The number of hydrogen-bond acceptors (Lipinski definition) is 4. The van der Waals surface area contributed by atoms with Crippen LogP contribution >= 0.6 is 11.3 Å². The molecule has 0 aromatic carbocycles. The second kappa shape index (κ2) is 7.04. The van der Waals surface area contributed by atoms with Gasteiger partial charge in [-0.15, -0.1) is 11.3 Å². The Morgan fingerprint density at radius 1 is 1.35 bits per heavy atom. The SMILES string of the molecule is Cc1ccnc(C2CCN(C(=O)CCC(=O)c3cccs3)C2)c1. The second-order valence-electron chi connectivity index (χ2n) is 5.98. The molecule has 0 N–H and O–H groups in total. The van der Waals surface area contributed by atoms with Crippen molar-refractivity contribution in [2.45, 2.75) is 32.1 Å². The third kappa shape index (κ3) is 3.85. The van der Waals surface area contributed by atoms with E-state index in [9.17, 15) is 9.59 Å². The van der Waals surface area contributed by atoms with Crippen molar-refractivity contribution in [2.24, 2.45) is 0 Å². The number of aryl methyl sites for hydroxylation is 1. The van der Waals surface area contributed by atoms with E-state index in [1.165, 1.54) is 16.9 Å². The summed E-state index contributed by atoms with van der Waals surface area (Å²) >= 11 is 1.43. The van der Waals surface area contributed by atoms with Crippen LogP contribution in [0.15, 0.2) is 35.8 Å². The van der Waals surface area contributed by atoms with Crippen LogP contribution in [-0.4, -0.2) is 34.7 Å². The zero-order valence-electron chi connectivity index (χ0n) is 13.2. The third-order valence-electron chi connectivity index (χ3n) is 4.26. The largest absolute Gasteiger partial charge is 0.342 e. The molecule has 1 amide bonds. The summed E-state index contributed by atoms with van der Waals surface area (Å²) in [4.78, 5) is 31.3. The Hall–Kier alpha value is -2.01. The van der Waals surface area contributed by atoms with Gasteiger partial charge in [-0.2, -0.15) is 0 Å². The van der Waals surface area contributed by atoms with Crippen LogP contribution in [0.5, 0.6) is 0 Å². The van der Waals surface area contributed by atoms with Crippen molar-refractivity contribution in [3.63, 3.8) is 0 Å². The van der Waals surface area contributed by atoms with Crippen LogP contribution in [0.2, 0.25) is 0 Å². The molecule has 23 heavy (non-hydrogen) atoms. The zero-order valence-corrected chi connectivity index (χ0v) is 14.0. The molecule has 0 aliphatic carbocycles. The van der Waals surface area contributed by atoms with Crippen molar-refractivity contribution in [1.29, 1.82) is 0 Å². The molecular formula is C18H20N2O2S. The zero-order chi connectivity index (χ0) is 16.2. The van der Waals surface area contributed by atoms with Gasteiger partial charge >= 0.3 is 0 Å². The Bertz CT molecular complexity index is 697. The lowest BCUT2D eigenvalue weighted by Crippen LogP contribution is -2.28. The first kappa shape index (κ1) is 15.9. The molecule has 0 bridgehead atoms. The smallest absolute Gasteiger partial charge is 0.223 e. The summed E-state index contributed by atoms with van der Waals surface area (Å²) in [6, 6.07) is 7.75. The van der Waals surface area contributed by atoms with Gasteiger partial charge in [-0.25, -0.2) is 0 Å². The van der Waals surface area contributed by atoms with Crippen LogP contribution < -0.4 is 0 Å². The summed E-state index contributed by atoms with van der Waals surface area (Å²) in [6.07, 6.45) is 3.36. The molecule has 1 unspecified atom stereocenters. The van der Waals surface area contributed by atoms with Crippen LogP contribution in [0.1, 0.15) is 46.1 Å². The van der Waals surface area contributed by atoms with E-state index in [-0.39, 0.29) is 11.7 Å². The fourth-order valence-electron chi connectivity index (χ4n) is 2.95. The number of pyridine rings is 1. The lowest BCUT2D eigenvalue weighted by Gasteiger charge is -2.16. The minimum Gasteiger partial charge on any atom is -0.342 e. The molecule has 120 valence electrons. The van der Waals surface area contributed by atoms with Crippen molar-refractivity contribution in [2.75, 3.05) is 13.1 Å². The van der Waals surface area contributed by atoms with E-state index in [2.05, 4.69) is 18.0 Å². The summed E-state index contributed by atoms with van der Waals surface area (Å²) in [7, 11) is 0. The maximum atomic E-state index is 12.3. The fraction of sp³-hybridized carbons (Fsp3) is 0.389. The maximum Gasteiger partial charge on any atom is 0.223 e. The molecule has 1 aliphatic rings. The summed E-state index contributed by atoms with van der Waals surface area (Å²) < 4.78 is 0. The van der Waals surface area contributed by atoms with Crippen LogP contribution in [0, 0.1) is 6.92 Å². The number of amides is 1. The topological polar surface area (TPSA) is 50.3 Å². The van der Waals surface area contributed by atoms with Gasteiger partial charge in [0.05, 0.1) is 4.88 Å². The Morgan fingerprint density at radius 2 is 2.22 bits per heavy atom. The molecule has 5 heteroatoms. The number of carbonyl (C=O) groups excluding carboxylic acids is 2. The van der Waals surface area contributed by atoms with E-state index in [1.807, 2.05) is 34.7 Å². The first-order chi connectivity index (χ1) is 11.1. The molecule has 3 heterocycles. The Labute approximate surface area is 140 Å². The summed E-state index contributed by atoms with van der Waals surface area (Å²) in [6.45, 7) is 3.52. The fourth-order valence-corrected chi connectivity index (χ4v) is 3.64. The average Bonchev–Trinajstić information content (AvgIpc) is 3.23. The highest BCUT2D eigenvalue weighted by molar-refractivity contribution is 7.12. The number of Topliss-reactive ketones (excluding diaryl/α,β-unsaturated/α-hetero) is 1. The summed E-state index contributed by atoms with van der Waals surface area (Å²) in [5, 5.41) is 1.88. The number of thiophene rings is 1. The Morgan fingerprint density at radius 3 is 2.96 bits per heavy atom. The number of aromatic nitrogens is 1. The van der Waals surface area contributed by atoms with Gasteiger partial charge in [0.25, 0.3) is 0 Å². The quantitative estimate of drug-likeness (QED) is 0.790. The molecule has 1 aliphatic heterocycles. The van der Waals surface area contributed by atoms with Gasteiger partial charge in [0.1, 0.15) is 0 Å². The van der Waals surface area contributed by atoms with Gasteiger partial charge in [0.2, 0.25) is 5.91 Å². The number of carbonyl (C=O) groups is 2. The molecule has 2 aromatic heterocycles. The van der Waals surface area contributed by atoms with E-state index in [0.29, 0.717) is 25.3 Å².